The quantitative estimate of drug-likeness (QED) is 0.620. The second kappa shape index (κ2) is 5.07. The highest BCUT2D eigenvalue weighted by Gasteiger charge is 2.32. The molecule has 0 amide bonds. The van der Waals surface area contributed by atoms with E-state index in [9.17, 15) is 0 Å². The second-order valence-electron chi connectivity index (χ2n) is 6.66. The standard InChI is InChI=1S/C18H26/c1-13-7-8-17(11-14(13)2)18-10-9-15-5-3-4-6-16(15)12-18/h7-8,11,15-16,18H,3-6,9-10,12H2,1-2H3. The Balaban J connectivity index is 1.75. The minimum atomic E-state index is 0.851. The second-order valence-corrected chi connectivity index (χ2v) is 6.66. The van der Waals surface area contributed by atoms with E-state index in [1.54, 1.807) is 5.56 Å². The van der Waals surface area contributed by atoms with E-state index in [0.29, 0.717) is 0 Å². The van der Waals surface area contributed by atoms with Crippen LogP contribution >= 0.6 is 0 Å². The lowest BCUT2D eigenvalue weighted by molar-refractivity contribution is 0.155. The van der Waals surface area contributed by atoms with Crippen molar-refractivity contribution in [1.82, 2.24) is 0 Å². The lowest BCUT2D eigenvalue weighted by atomic mass is 9.66. The van der Waals surface area contributed by atoms with E-state index in [1.807, 2.05) is 0 Å². The molecule has 0 N–H and O–H groups in total. The van der Waals surface area contributed by atoms with Gasteiger partial charge in [0.25, 0.3) is 0 Å². The van der Waals surface area contributed by atoms with E-state index in [0.717, 1.165) is 17.8 Å². The third-order valence-electron chi connectivity index (χ3n) is 5.54. The van der Waals surface area contributed by atoms with Crippen LogP contribution in [0.15, 0.2) is 18.2 Å². The molecule has 1 aromatic rings. The van der Waals surface area contributed by atoms with Crippen molar-refractivity contribution in [2.45, 2.75) is 64.7 Å². The fourth-order valence-electron chi connectivity index (χ4n) is 4.19. The first-order valence-electron chi connectivity index (χ1n) is 7.81. The van der Waals surface area contributed by atoms with Crippen LogP contribution in [0.4, 0.5) is 0 Å². The Bertz CT molecular complexity index is 418. The monoisotopic (exact) mass is 242 g/mol. The van der Waals surface area contributed by atoms with Crippen LogP contribution in [0.5, 0.6) is 0 Å². The normalized spacial score (nSPS) is 32.0. The Morgan fingerprint density at radius 2 is 1.61 bits per heavy atom. The van der Waals surface area contributed by atoms with Crippen LogP contribution in [0.1, 0.15) is 67.6 Å². The van der Waals surface area contributed by atoms with Gasteiger partial charge in [0.15, 0.2) is 0 Å². The molecule has 0 radical (unpaired) electrons. The Hall–Kier alpha value is -0.780. The molecular formula is C18H26. The van der Waals surface area contributed by atoms with Gasteiger partial charge in [-0.15, -0.1) is 0 Å². The highest BCUT2D eigenvalue weighted by atomic mass is 14.4. The predicted molar refractivity (Wildman–Crippen MR) is 78.0 cm³/mol. The third kappa shape index (κ3) is 2.35. The summed E-state index contributed by atoms with van der Waals surface area (Å²) in [5, 5.41) is 0. The first-order valence-corrected chi connectivity index (χ1v) is 7.81. The maximum absolute atomic E-state index is 2.45. The van der Waals surface area contributed by atoms with Crippen molar-refractivity contribution < 1.29 is 0 Å². The van der Waals surface area contributed by atoms with E-state index in [4.69, 9.17) is 0 Å². The van der Waals surface area contributed by atoms with Gasteiger partial charge in [-0.3, -0.25) is 0 Å². The van der Waals surface area contributed by atoms with Gasteiger partial charge in [-0.25, -0.2) is 0 Å². The summed E-state index contributed by atoms with van der Waals surface area (Å²) >= 11 is 0. The molecule has 3 unspecified atom stereocenters. The van der Waals surface area contributed by atoms with Crippen molar-refractivity contribution in [3.8, 4) is 0 Å². The average molecular weight is 242 g/mol. The van der Waals surface area contributed by atoms with Crippen LogP contribution in [-0.4, -0.2) is 0 Å². The molecule has 18 heavy (non-hydrogen) atoms. The summed E-state index contributed by atoms with van der Waals surface area (Å²) in [6.45, 7) is 4.47. The largest absolute Gasteiger partial charge is 0.0588 e. The number of hydrogen-bond acceptors (Lipinski definition) is 0. The van der Waals surface area contributed by atoms with Crippen LogP contribution in [-0.2, 0) is 0 Å². The third-order valence-corrected chi connectivity index (χ3v) is 5.54. The van der Waals surface area contributed by atoms with E-state index in [2.05, 4.69) is 32.0 Å². The van der Waals surface area contributed by atoms with Crippen LogP contribution in [0.2, 0.25) is 0 Å². The van der Waals surface area contributed by atoms with Gasteiger partial charge < -0.3 is 0 Å². The maximum atomic E-state index is 2.45. The smallest absolute Gasteiger partial charge is 0.0159 e. The summed E-state index contributed by atoms with van der Waals surface area (Å²) in [6.07, 6.45) is 10.4. The molecule has 2 saturated carbocycles. The summed E-state index contributed by atoms with van der Waals surface area (Å²) in [5.74, 6) is 2.96. The summed E-state index contributed by atoms with van der Waals surface area (Å²) in [4.78, 5) is 0. The maximum Gasteiger partial charge on any atom is -0.0159 e. The molecule has 0 aromatic heterocycles. The van der Waals surface area contributed by atoms with E-state index >= 15 is 0 Å². The lowest BCUT2D eigenvalue weighted by Gasteiger charge is -2.39. The molecule has 0 heterocycles. The Labute approximate surface area is 112 Å². The SMILES string of the molecule is Cc1ccc(C2CCC3CCCCC3C2)cc1C. The first kappa shape index (κ1) is 12.3. The molecular weight excluding hydrogens is 216 g/mol. The highest BCUT2D eigenvalue weighted by Crippen LogP contribution is 2.46. The highest BCUT2D eigenvalue weighted by molar-refractivity contribution is 5.32. The van der Waals surface area contributed by atoms with E-state index in [-0.39, 0.29) is 0 Å². The molecule has 0 spiro atoms. The predicted octanol–water partition coefficient (Wildman–Crippen LogP) is 5.38. The fraction of sp³-hybridized carbons (Fsp3) is 0.667. The number of benzene rings is 1. The Morgan fingerprint density at radius 1 is 0.833 bits per heavy atom. The topological polar surface area (TPSA) is 0 Å². The zero-order valence-corrected chi connectivity index (χ0v) is 11.9. The van der Waals surface area contributed by atoms with Gasteiger partial charge in [0.05, 0.1) is 0 Å². The van der Waals surface area contributed by atoms with Gasteiger partial charge in [0.1, 0.15) is 0 Å². The molecule has 2 aliphatic rings. The summed E-state index contributed by atoms with van der Waals surface area (Å²) in [6, 6.07) is 7.15. The van der Waals surface area contributed by atoms with Crippen molar-refractivity contribution in [2.24, 2.45) is 11.8 Å². The van der Waals surface area contributed by atoms with Crippen molar-refractivity contribution in [2.75, 3.05) is 0 Å². The molecule has 3 atom stereocenters. The summed E-state index contributed by atoms with van der Waals surface area (Å²) < 4.78 is 0. The molecule has 2 fully saturated rings. The number of rotatable bonds is 1. The van der Waals surface area contributed by atoms with Gasteiger partial charge in [-0.2, -0.15) is 0 Å². The van der Waals surface area contributed by atoms with Crippen LogP contribution in [0.25, 0.3) is 0 Å². The lowest BCUT2D eigenvalue weighted by Crippen LogP contribution is -2.26. The molecule has 2 aliphatic carbocycles. The molecule has 1 aromatic carbocycles. The van der Waals surface area contributed by atoms with Crippen LogP contribution in [0.3, 0.4) is 0 Å². The first-order chi connectivity index (χ1) is 8.74. The fourth-order valence-corrected chi connectivity index (χ4v) is 4.19. The number of aryl methyl sites for hydroxylation is 2. The minimum Gasteiger partial charge on any atom is -0.0588 e. The van der Waals surface area contributed by atoms with Gasteiger partial charge in [-0.05, 0) is 67.6 Å². The zero-order chi connectivity index (χ0) is 12.5. The zero-order valence-electron chi connectivity index (χ0n) is 11.9. The van der Waals surface area contributed by atoms with Gasteiger partial charge in [-0.1, -0.05) is 43.9 Å². The van der Waals surface area contributed by atoms with E-state index in [1.165, 1.54) is 56.1 Å². The molecule has 0 saturated heterocycles. The minimum absolute atomic E-state index is 0.851. The summed E-state index contributed by atoms with van der Waals surface area (Å²) in [7, 11) is 0. The summed E-state index contributed by atoms with van der Waals surface area (Å²) in [5.41, 5.74) is 4.52. The molecule has 3 rings (SSSR count). The van der Waals surface area contributed by atoms with Crippen LogP contribution < -0.4 is 0 Å². The van der Waals surface area contributed by atoms with Gasteiger partial charge in [0.2, 0.25) is 0 Å². The van der Waals surface area contributed by atoms with Crippen molar-refractivity contribution >= 4 is 0 Å². The number of hydrogen-bond donors (Lipinski definition) is 0. The van der Waals surface area contributed by atoms with Crippen molar-refractivity contribution in [1.29, 1.82) is 0 Å². The molecule has 0 nitrogen and oxygen atoms in total. The molecule has 0 aliphatic heterocycles. The molecule has 98 valence electrons. The van der Waals surface area contributed by atoms with E-state index < -0.39 is 0 Å². The van der Waals surface area contributed by atoms with Crippen molar-refractivity contribution in [3.05, 3.63) is 34.9 Å². The Kier molecular flexibility index (Phi) is 3.46. The van der Waals surface area contributed by atoms with Gasteiger partial charge in [0, 0.05) is 0 Å². The van der Waals surface area contributed by atoms with Crippen molar-refractivity contribution in [3.63, 3.8) is 0 Å². The average Bonchev–Trinajstić information content (AvgIpc) is 2.41. The number of fused-ring (bicyclic) bond motifs is 1. The molecule has 0 bridgehead atoms. The van der Waals surface area contributed by atoms with Crippen LogP contribution in [0, 0.1) is 25.7 Å². The molecule has 0 heteroatoms. The Morgan fingerprint density at radius 3 is 2.39 bits per heavy atom. The van der Waals surface area contributed by atoms with Gasteiger partial charge >= 0.3 is 0 Å².